The Bertz CT molecular complexity index is 592. The van der Waals surface area contributed by atoms with E-state index in [1.807, 2.05) is 24.4 Å². The maximum Gasteiger partial charge on any atom is 2.00 e. The molecule has 1 radical (unpaired) electrons. The molecule has 0 aliphatic rings. The van der Waals surface area contributed by atoms with Crippen molar-refractivity contribution in [1.29, 1.82) is 0 Å². The molecule has 0 unspecified atom stereocenters. The van der Waals surface area contributed by atoms with Crippen molar-refractivity contribution < 1.29 is 37.6 Å². The van der Waals surface area contributed by atoms with Crippen molar-refractivity contribution in [3.63, 3.8) is 0 Å². The Morgan fingerprint density at radius 3 is 2.35 bits per heavy atom. The van der Waals surface area contributed by atoms with Crippen molar-refractivity contribution in [3.05, 3.63) is 59.9 Å². The molecule has 0 bridgehead atoms. The van der Waals surface area contributed by atoms with Gasteiger partial charge < -0.3 is 20.5 Å². The van der Waals surface area contributed by atoms with Crippen LogP contribution < -0.4 is 10.2 Å². The van der Waals surface area contributed by atoms with E-state index in [4.69, 9.17) is 0 Å². The van der Waals surface area contributed by atoms with Gasteiger partial charge in [0.2, 0.25) is 0 Å². The number of carbonyl (C=O) groups is 1. The molecule has 1 aromatic heterocycles. The maximum absolute atomic E-state index is 11.0. The van der Waals surface area contributed by atoms with Crippen LogP contribution in [0.1, 0.15) is 18.2 Å². The van der Waals surface area contributed by atoms with E-state index < -0.39 is 12.5 Å². The second-order valence-electron chi connectivity index (χ2n) is 4.05. The molecule has 0 spiro atoms. The topological polar surface area (TPSA) is 120 Å². The first kappa shape index (κ1) is 23.1. The number of hydrogen-bond donors (Lipinski definition) is 0. The number of aliphatic imine (C=N–C) groups is 1. The largest absolute Gasteiger partial charge is 2.00 e. The van der Waals surface area contributed by atoms with Gasteiger partial charge in [0.05, 0.1) is 12.5 Å². The molecule has 0 aliphatic carbocycles. The molecule has 2 rings (SSSR count). The number of aryl methyl sites for hydroxylation is 1. The number of rotatable bonds is 4. The predicted octanol–water partition coefficient (Wildman–Crippen LogP) is -0.254. The maximum atomic E-state index is 11.0. The molecule has 1 heterocycles. The molecule has 0 atom stereocenters. The van der Waals surface area contributed by atoms with E-state index in [1.165, 1.54) is 12.3 Å². The number of pyridine rings is 1. The number of hydrogen-bond acceptors (Lipinski definition) is 5. The third-order valence-corrected chi connectivity index (χ3v) is 2.46. The Labute approximate surface area is 145 Å². The fourth-order valence-corrected chi connectivity index (χ4v) is 1.41. The van der Waals surface area contributed by atoms with Crippen LogP contribution in [0.3, 0.4) is 0 Å². The molecule has 1 aromatic carbocycles. The van der Waals surface area contributed by atoms with Crippen LogP contribution in [-0.4, -0.2) is 29.2 Å². The van der Waals surface area contributed by atoms with Gasteiger partial charge in [0.1, 0.15) is 0 Å². The van der Waals surface area contributed by atoms with Gasteiger partial charge in [0.25, 0.3) is 0 Å². The first-order valence-corrected chi connectivity index (χ1v) is 6.49. The van der Waals surface area contributed by atoms with Gasteiger partial charge in [-0.15, -0.1) is 5.75 Å². The monoisotopic (exact) mass is 365 g/mol. The summed E-state index contributed by atoms with van der Waals surface area (Å²) in [5, 5.41) is 21.0. The van der Waals surface area contributed by atoms with Crippen LogP contribution in [0.25, 0.3) is 0 Å². The van der Waals surface area contributed by atoms with Crippen molar-refractivity contribution in [1.82, 2.24) is 4.98 Å². The fraction of sp³-hybridized carbons (Fsp3) is 0.188. The summed E-state index contributed by atoms with van der Waals surface area (Å²) in [6.07, 6.45) is 4.08. The molecule has 0 aliphatic heterocycles. The van der Waals surface area contributed by atoms with Gasteiger partial charge in [-0.05, 0) is 24.1 Å². The predicted molar refractivity (Wildman–Crippen MR) is 80.6 cm³/mol. The molecule has 0 saturated heterocycles. The Morgan fingerprint density at radius 2 is 1.87 bits per heavy atom. The molecular weight excluding hydrogens is 348 g/mol. The van der Waals surface area contributed by atoms with E-state index in [0.29, 0.717) is 5.56 Å². The van der Waals surface area contributed by atoms with Gasteiger partial charge in [-0.3, -0.25) is 9.98 Å². The summed E-state index contributed by atoms with van der Waals surface area (Å²) in [5.74, 6) is -1.44. The Balaban J connectivity index is 0. The summed E-state index contributed by atoms with van der Waals surface area (Å²) >= 11 is 0. The molecule has 0 fully saturated rings. The molecule has 2 N–H and O–H groups in total. The van der Waals surface area contributed by atoms with Crippen LogP contribution in [0.4, 0.5) is 0 Å². The minimum atomic E-state index is -1.26. The zero-order chi connectivity index (χ0) is 15.5. The van der Waals surface area contributed by atoms with Crippen molar-refractivity contribution in [2.75, 3.05) is 6.54 Å². The van der Waals surface area contributed by atoms with E-state index in [-0.39, 0.29) is 28.3 Å². The van der Waals surface area contributed by atoms with Crippen LogP contribution in [-0.2, 0) is 28.3 Å². The minimum absolute atomic E-state index is 0. The molecule has 6 nitrogen and oxygen atoms in total. The average Bonchev–Trinajstić information content (AvgIpc) is 2.50. The van der Waals surface area contributed by atoms with Crippen LogP contribution in [0, 0.1) is 0 Å². The van der Waals surface area contributed by atoms with Crippen molar-refractivity contribution >= 4 is 12.2 Å². The van der Waals surface area contributed by atoms with Crippen LogP contribution >= 0.6 is 0 Å². The van der Waals surface area contributed by atoms with Gasteiger partial charge in [0.15, 0.2) is 0 Å². The van der Waals surface area contributed by atoms with Crippen molar-refractivity contribution in [3.8, 4) is 5.75 Å². The summed E-state index contributed by atoms with van der Waals surface area (Å²) in [4.78, 5) is 17.6. The zero-order valence-corrected chi connectivity index (χ0v) is 13.5. The Kier molecular flexibility index (Phi) is 13.5. The third-order valence-electron chi connectivity index (χ3n) is 2.46. The molecule has 23 heavy (non-hydrogen) atoms. The minimum Gasteiger partial charge on any atom is -0.872 e. The van der Waals surface area contributed by atoms with Gasteiger partial charge in [-0.2, -0.15) is 0 Å². The Hall–Kier alpha value is -2.21. The molecule has 2 aromatic rings. The summed E-state index contributed by atoms with van der Waals surface area (Å²) in [6, 6.07) is 12.2. The number of aliphatic carboxylic acids is 1. The summed E-state index contributed by atoms with van der Waals surface area (Å²) in [6.45, 7) is 1.68. The van der Waals surface area contributed by atoms with Gasteiger partial charge in [0, 0.05) is 18.1 Å². The summed E-state index contributed by atoms with van der Waals surface area (Å²) in [7, 11) is 0. The van der Waals surface area contributed by atoms with Gasteiger partial charge in [-0.1, -0.05) is 37.3 Å². The standard InChI is InChI=1S/C9H9NO3.C7H9N.Cu.H2O/c11-8-4-2-1-3-7(8)5-10-6-9(12)13;1-2-7-5-3-4-6-8-7;;/h1-5,11H,6H2,(H,12,13);3-6H,2H2,1H3;;1H2/q;;+2;/p-2. The number of carboxylic acid groups (broad SMARTS) is 1. The summed E-state index contributed by atoms with van der Waals surface area (Å²) in [5.41, 5.74) is 1.54. The van der Waals surface area contributed by atoms with Crippen LogP contribution in [0.2, 0.25) is 0 Å². The fourth-order valence-electron chi connectivity index (χ4n) is 1.41. The van der Waals surface area contributed by atoms with Gasteiger partial charge in [-0.25, -0.2) is 0 Å². The summed E-state index contributed by atoms with van der Waals surface area (Å²) < 4.78 is 0. The molecule has 127 valence electrons. The molecule has 7 heteroatoms. The first-order chi connectivity index (χ1) is 10.1. The van der Waals surface area contributed by atoms with Gasteiger partial charge >= 0.3 is 17.1 Å². The van der Waals surface area contributed by atoms with E-state index >= 15 is 0 Å². The van der Waals surface area contributed by atoms with Crippen molar-refractivity contribution in [2.24, 2.45) is 4.99 Å². The van der Waals surface area contributed by atoms with Crippen molar-refractivity contribution in [2.45, 2.75) is 13.3 Å². The SMILES string of the molecule is CCc1ccccn1.O.O=C([O-])CN=Cc1ccccc1[O-].[Cu+2]. The van der Waals surface area contributed by atoms with E-state index in [2.05, 4.69) is 16.9 Å². The van der Waals surface area contributed by atoms with E-state index in [9.17, 15) is 15.0 Å². The van der Waals surface area contributed by atoms with E-state index in [0.717, 1.165) is 12.1 Å². The average molecular weight is 366 g/mol. The van der Waals surface area contributed by atoms with Crippen LogP contribution in [0.5, 0.6) is 5.75 Å². The quantitative estimate of drug-likeness (QED) is 0.547. The Morgan fingerprint density at radius 1 is 1.22 bits per heavy atom. The van der Waals surface area contributed by atoms with E-state index in [1.54, 1.807) is 18.2 Å². The number of aromatic nitrogens is 1. The number of benzene rings is 1. The number of nitrogens with zero attached hydrogens (tertiary/aromatic N) is 2. The smallest absolute Gasteiger partial charge is 0.872 e. The zero-order valence-electron chi connectivity index (χ0n) is 12.5. The van der Waals surface area contributed by atoms with Crippen LogP contribution in [0.15, 0.2) is 53.7 Å². The first-order valence-electron chi connectivity index (χ1n) is 6.49. The third kappa shape index (κ3) is 10.2. The molecular formula is C16H18CuN2O4. The molecule has 0 amide bonds. The normalized spacial score (nSPS) is 9.09. The second-order valence-corrected chi connectivity index (χ2v) is 4.05. The molecule has 0 saturated carbocycles. The number of carbonyl (C=O) groups excluding carboxylic acids is 1. The number of carboxylic acids is 1. The second kappa shape index (κ2) is 13.5. The number of para-hydroxylation sites is 1.